The number of hydrogen-bond donors (Lipinski definition) is 0. The van der Waals surface area contributed by atoms with Crippen molar-refractivity contribution in [2.45, 2.75) is 13.3 Å². The Labute approximate surface area is 79.3 Å². The summed E-state index contributed by atoms with van der Waals surface area (Å²) in [6.45, 7) is 2.15. The fourth-order valence-corrected chi connectivity index (χ4v) is 1.81. The summed E-state index contributed by atoms with van der Waals surface area (Å²) in [6, 6.07) is 0. The van der Waals surface area contributed by atoms with Crippen molar-refractivity contribution in [2.75, 3.05) is 5.33 Å². The van der Waals surface area contributed by atoms with E-state index in [1.807, 2.05) is 5.51 Å². The third-order valence-corrected chi connectivity index (χ3v) is 2.75. The van der Waals surface area contributed by atoms with Gasteiger partial charge in [0, 0.05) is 10.7 Å². The highest BCUT2D eigenvalue weighted by Gasteiger charge is 1.93. The first-order chi connectivity index (χ1) is 5.36. The Bertz CT molecular complexity index is 222. The van der Waals surface area contributed by atoms with E-state index in [-0.39, 0.29) is 0 Å². The Balaban J connectivity index is 2.71. The molecule has 0 saturated heterocycles. The first-order valence-electron chi connectivity index (χ1n) is 3.50. The zero-order valence-electron chi connectivity index (χ0n) is 6.38. The summed E-state index contributed by atoms with van der Waals surface area (Å²) in [6.07, 6.45) is 3.22. The Hall–Kier alpha value is -0.150. The third-order valence-electron chi connectivity index (χ3n) is 1.43. The van der Waals surface area contributed by atoms with Gasteiger partial charge in [-0.2, -0.15) is 0 Å². The minimum atomic E-state index is 0.945. The molecule has 0 radical (unpaired) electrons. The molecule has 1 heterocycles. The fourth-order valence-electron chi connectivity index (χ4n) is 0.737. The smallest absolute Gasteiger partial charge is 0.0798 e. The fraction of sp³-hybridized carbons (Fsp3) is 0.375. The second kappa shape index (κ2) is 4.67. The van der Waals surface area contributed by atoms with Gasteiger partial charge >= 0.3 is 0 Å². The topological polar surface area (TPSA) is 12.9 Å². The van der Waals surface area contributed by atoms with Crippen molar-refractivity contribution < 1.29 is 0 Å². The van der Waals surface area contributed by atoms with Crippen LogP contribution in [0.4, 0.5) is 0 Å². The van der Waals surface area contributed by atoms with Crippen molar-refractivity contribution in [3.05, 3.63) is 22.2 Å². The molecule has 0 aliphatic heterocycles. The van der Waals surface area contributed by atoms with Gasteiger partial charge in [-0.1, -0.05) is 28.4 Å². The average Bonchev–Trinajstić information content (AvgIpc) is 2.52. The minimum absolute atomic E-state index is 0.945. The van der Waals surface area contributed by atoms with Crippen LogP contribution in [-0.2, 0) is 0 Å². The number of hydrogen-bond acceptors (Lipinski definition) is 2. The number of halogens is 1. The number of alkyl halides is 1. The molecule has 60 valence electrons. The summed E-state index contributed by atoms with van der Waals surface area (Å²) < 4.78 is 0. The molecule has 1 nitrogen and oxygen atoms in total. The summed E-state index contributed by atoms with van der Waals surface area (Å²) in [4.78, 5) is 4.17. The van der Waals surface area contributed by atoms with E-state index < -0.39 is 0 Å². The minimum Gasteiger partial charge on any atom is -0.245 e. The van der Waals surface area contributed by atoms with E-state index in [0.717, 1.165) is 17.4 Å². The number of rotatable bonds is 3. The molecular weight excluding hydrogens is 222 g/mol. The quantitative estimate of drug-likeness (QED) is 0.728. The molecule has 0 N–H and O–H groups in total. The van der Waals surface area contributed by atoms with Crippen LogP contribution in [0.15, 0.2) is 16.5 Å². The molecule has 0 fully saturated rings. The Morgan fingerprint density at radius 3 is 3.09 bits per heavy atom. The first kappa shape index (κ1) is 8.94. The summed E-state index contributed by atoms with van der Waals surface area (Å²) >= 11 is 5.06. The molecule has 0 amide bonds. The van der Waals surface area contributed by atoms with Gasteiger partial charge < -0.3 is 0 Å². The molecule has 0 aromatic carbocycles. The van der Waals surface area contributed by atoms with Gasteiger partial charge in [-0.3, -0.25) is 0 Å². The molecule has 0 spiro atoms. The van der Waals surface area contributed by atoms with E-state index in [2.05, 4.69) is 39.3 Å². The van der Waals surface area contributed by atoms with Gasteiger partial charge in [-0.15, -0.1) is 11.3 Å². The molecule has 0 aliphatic rings. The van der Waals surface area contributed by atoms with Crippen LogP contribution in [0.2, 0.25) is 0 Å². The molecule has 3 heteroatoms. The van der Waals surface area contributed by atoms with Crippen LogP contribution >= 0.6 is 27.3 Å². The molecule has 0 bridgehead atoms. The van der Waals surface area contributed by atoms with Gasteiger partial charge in [0.1, 0.15) is 0 Å². The van der Waals surface area contributed by atoms with Crippen molar-refractivity contribution in [3.8, 4) is 0 Å². The number of nitrogens with zero attached hydrogens (tertiary/aromatic N) is 1. The van der Waals surface area contributed by atoms with E-state index in [1.54, 1.807) is 11.3 Å². The van der Waals surface area contributed by atoms with Gasteiger partial charge in [0.15, 0.2) is 0 Å². The maximum Gasteiger partial charge on any atom is 0.0798 e. The summed E-state index contributed by atoms with van der Waals surface area (Å²) in [5, 5.41) is 3.00. The Kier molecular flexibility index (Phi) is 3.80. The van der Waals surface area contributed by atoms with Crippen LogP contribution < -0.4 is 0 Å². The highest BCUT2D eigenvalue weighted by Crippen LogP contribution is 2.11. The number of allylic oxidation sites excluding steroid dienone is 1. The van der Waals surface area contributed by atoms with E-state index in [4.69, 9.17) is 0 Å². The van der Waals surface area contributed by atoms with Gasteiger partial charge in [-0.05, 0) is 12.5 Å². The molecule has 11 heavy (non-hydrogen) atoms. The predicted molar refractivity (Wildman–Crippen MR) is 54.2 cm³/mol. The zero-order chi connectivity index (χ0) is 8.10. The lowest BCUT2D eigenvalue weighted by molar-refractivity contribution is 1.12. The molecule has 0 saturated carbocycles. The van der Waals surface area contributed by atoms with Gasteiger partial charge in [0.2, 0.25) is 0 Å². The van der Waals surface area contributed by atoms with Crippen molar-refractivity contribution in [3.63, 3.8) is 0 Å². The van der Waals surface area contributed by atoms with Crippen LogP contribution in [0.5, 0.6) is 0 Å². The maximum atomic E-state index is 4.17. The van der Waals surface area contributed by atoms with Crippen LogP contribution in [0.1, 0.15) is 19.0 Å². The zero-order valence-corrected chi connectivity index (χ0v) is 8.78. The van der Waals surface area contributed by atoms with Crippen molar-refractivity contribution in [1.29, 1.82) is 0 Å². The van der Waals surface area contributed by atoms with E-state index in [1.165, 1.54) is 5.57 Å². The standard InChI is InChI=1S/C8H10BrNS/c1-2-7(4-9)3-8-5-11-6-10-8/h3,5-6H,2,4H2,1H3. The van der Waals surface area contributed by atoms with Gasteiger partial charge in [-0.25, -0.2) is 4.98 Å². The van der Waals surface area contributed by atoms with Gasteiger partial charge in [0.25, 0.3) is 0 Å². The highest BCUT2D eigenvalue weighted by atomic mass is 79.9. The molecule has 1 rings (SSSR count). The lowest BCUT2D eigenvalue weighted by atomic mass is 10.2. The molecular formula is C8H10BrNS. The number of aromatic nitrogens is 1. The monoisotopic (exact) mass is 231 g/mol. The highest BCUT2D eigenvalue weighted by molar-refractivity contribution is 9.09. The molecule has 1 aromatic heterocycles. The van der Waals surface area contributed by atoms with Crippen molar-refractivity contribution in [2.24, 2.45) is 0 Å². The molecule has 0 atom stereocenters. The van der Waals surface area contributed by atoms with Crippen LogP contribution in [0, 0.1) is 0 Å². The van der Waals surface area contributed by atoms with Crippen LogP contribution in [-0.4, -0.2) is 10.3 Å². The summed E-state index contributed by atoms with van der Waals surface area (Å²) in [7, 11) is 0. The first-order valence-corrected chi connectivity index (χ1v) is 5.56. The van der Waals surface area contributed by atoms with Crippen molar-refractivity contribution in [1.82, 2.24) is 4.98 Å². The van der Waals surface area contributed by atoms with E-state index in [0.29, 0.717) is 0 Å². The molecule has 0 aliphatic carbocycles. The maximum absolute atomic E-state index is 4.17. The van der Waals surface area contributed by atoms with Gasteiger partial charge in [0.05, 0.1) is 11.2 Å². The largest absolute Gasteiger partial charge is 0.245 e. The van der Waals surface area contributed by atoms with E-state index in [9.17, 15) is 0 Å². The summed E-state index contributed by atoms with van der Waals surface area (Å²) in [5.41, 5.74) is 4.31. The SMILES string of the molecule is CCC(=Cc1cscn1)CBr. The lowest BCUT2D eigenvalue weighted by Crippen LogP contribution is -1.81. The average molecular weight is 232 g/mol. The Morgan fingerprint density at radius 2 is 2.64 bits per heavy atom. The second-order valence-electron chi connectivity index (χ2n) is 2.20. The Morgan fingerprint density at radius 1 is 1.82 bits per heavy atom. The second-order valence-corrected chi connectivity index (χ2v) is 3.48. The summed E-state index contributed by atoms with van der Waals surface area (Å²) in [5.74, 6) is 0. The van der Waals surface area contributed by atoms with Crippen LogP contribution in [0.3, 0.4) is 0 Å². The predicted octanol–water partition coefficient (Wildman–Crippen LogP) is 3.33. The lowest BCUT2D eigenvalue weighted by Gasteiger charge is -1.95. The van der Waals surface area contributed by atoms with Crippen molar-refractivity contribution >= 4 is 33.3 Å². The number of thiazole rings is 1. The molecule has 1 aromatic rings. The third kappa shape index (κ3) is 2.75. The van der Waals surface area contributed by atoms with Crippen LogP contribution in [0.25, 0.3) is 6.08 Å². The van der Waals surface area contributed by atoms with E-state index >= 15 is 0 Å². The molecule has 0 unspecified atom stereocenters. The normalized spacial score (nSPS) is 12.0.